The highest BCUT2D eigenvalue weighted by molar-refractivity contribution is 7.80. The molecule has 134 valence electrons. The van der Waals surface area contributed by atoms with Gasteiger partial charge >= 0.3 is 0 Å². The second-order valence-electron chi connectivity index (χ2n) is 8.26. The molecular weight excluding hydrogens is 326 g/mol. The molecule has 0 unspecified atom stereocenters. The van der Waals surface area contributed by atoms with Crippen LogP contribution in [0.5, 0.6) is 0 Å². The SMILES string of the molecule is CN1C(=O)C(C=NC[C@@]2(C)C[C@H](O)CC(C)(C)C2)C(=O)N(C)C1=S. The molecule has 0 aromatic heterocycles. The summed E-state index contributed by atoms with van der Waals surface area (Å²) in [6.45, 7) is 6.89. The molecule has 0 aromatic rings. The molecule has 1 heterocycles. The maximum atomic E-state index is 12.3. The summed E-state index contributed by atoms with van der Waals surface area (Å²) < 4.78 is 0. The molecule has 0 bridgehead atoms. The van der Waals surface area contributed by atoms with Crippen LogP contribution in [-0.2, 0) is 9.59 Å². The highest BCUT2D eigenvalue weighted by atomic mass is 32.1. The molecule has 2 aliphatic rings. The number of aliphatic imine (C=N–C) groups is 1. The van der Waals surface area contributed by atoms with Gasteiger partial charge in [0.25, 0.3) is 0 Å². The summed E-state index contributed by atoms with van der Waals surface area (Å²) in [6.07, 6.45) is 3.54. The van der Waals surface area contributed by atoms with E-state index in [1.165, 1.54) is 16.0 Å². The summed E-state index contributed by atoms with van der Waals surface area (Å²) in [6, 6.07) is 0. The molecule has 0 radical (unpaired) electrons. The van der Waals surface area contributed by atoms with Crippen molar-refractivity contribution in [3.63, 3.8) is 0 Å². The van der Waals surface area contributed by atoms with Crippen molar-refractivity contribution >= 4 is 35.4 Å². The second kappa shape index (κ2) is 6.52. The topological polar surface area (TPSA) is 73.2 Å². The third kappa shape index (κ3) is 3.83. The van der Waals surface area contributed by atoms with Gasteiger partial charge < -0.3 is 5.11 Å². The second-order valence-corrected chi connectivity index (χ2v) is 8.62. The Balaban J connectivity index is 2.09. The zero-order valence-corrected chi connectivity index (χ0v) is 15.9. The van der Waals surface area contributed by atoms with Crippen molar-refractivity contribution < 1.29 is 14.7 Å². The van der Waals surface area contributed by atoms with Crippen molar-refractivity contribution in [1.82, 2.24) is 9.80 Å². The van der Waals surface area contributed by atoms with E-state index in [9.17, 15) is 14.7 Å². The number of thiocarbonyl (C=S) groups is 1. The molecule has 1 aliphatic heterocycles. The van der Waals surface area contributed by atoms with Gasteiger partial charge in [0.1, 0.15) is 0 Å². The van der Waals surface area contributed by atoms with Crippen LogP contribution in [0.4, 0.5) is 0 Å². The fourth-order valence-electron chi connectivity index (χ4n) is 4.14. The first kappa shape index (κ1) is 19.0. The van der Waals surface area contributed by atoms with Crippen LogP contribution in [0.25, 0.3) is 0 Å². The summed E-state index contributed by atoms with van der Waals surface area (Å²) in [4.78, 5) is 31.6. The van der Waals surface area contributed by atoms with Crippen LogP contribution < -0.4 is 0 Å². The minimum Gasteiger partial charge on any atom is -0.393 e. The lowest BCUT2D eigenvalue weighted by atomic mass is 9.63. The lowest BCUT2D eigenvalue weighted by Gasteiger charge is -2.44. The van der Waals surface area contributed by atoms with E-state index < -0.39 is 5.92 Å². The van der Waals surface area contributed by atoms with Gasteiger partial charge in [0, 0.05) is 26.9 Å². The van der Waals surface area contributed by atoms with E-state index in [0.29, 0.717) is 13.0 Å². The molecule has 6 nitrogen and oxygen atoms in total. The third-order valence-corrected chi connectivity index (χ3v) is 5.46. The van der Waals surface area contributed by atoms with Gasteiger partial charge in [-0.05, 0) is 42.3 Å². The van der Waals surface area contributed by atoms with Crippen molar-refractivity contribution in [3.05, 3.63) is 0 Å². The summed E-state index contributed by atoms with van der Waals surface area (Å²) in [7, 11) is 3.13. The van der Waals surface area contributed by atoms with E-state index in [2.05, 4.69) is 25.8 Å². The van der Waals surface area contributed by atoms with Crippen LogP contribution in [0.15, 0.2) is 4.99 Å². The smallest absolute Gasteiger partial charge is 0.246 e. The molecule has 0 aromatic carbocycles. The molecule has 0 spiro atoms. The van der Waals surface area contributed by atoms with Crippen LogP contribution in [0.2, 0.25) is 0 Å². The number of aliphatic hydroxyl groups excluding tert-OH is 1. The van der Waals surface area contributed by atoms with E-state index in [1.54, 1.807) is 14.1 Å². The number of amides is 2. The molecule has 7 heteroatoms. The van der Waals surface area contributed by atoms with E-state index >= 15 is 0 Å². The summed E-state index contributed by atoms with van der Waals surface area (Å²) >= 11 is 5.07. The molecule has 1 saturated heterocycles. The van der Waals surface area contributed by atoms with E-state index in [4.69, 9.17) is 12.2 Å². The molecule has 2 rings (SSSR count). The van der Waals surface area contributed by atoms with E-state index in [1.807, 2.05) is 0 Å². The van der Waals surface area contributed by atoms with Crippen molar-refractivity contribution in [2.75, 3.05) is 20.6 Å². The molecule has 2 amide bonds. The average Bonchev–Trinajstić information content (AvgIpc) is 2.44. The van der Waals surface area contributed by atoms with Gasteiger partial charge in [-0.2, -0.15) is 0 Å². The maximum absolute atomic E-state index is 12.3. The number of aliphatic hydroxyl groups is 1. The fourth-order valence-corrected chi connectivity index (χ4v) is 4.32. The quantitative estimate of drug-likeness (QED) is 0.474. The highest BCUT2D eigenvalue weighted by Gasteiger charge is 2.42. The summed E-state index contributed by atoms with van der Waals surface area (Å²) in [5.41, 5.74) is -0.0728. The molecule has 24 heavy (non-hydrogen) atoms. The Morgan fingerprint density at radius 3 is 2.25 bits per heavy atom. The first-order valence-corrected chi connectivity index (χ1v) is 8.64. The Hall–Kier alpha value is -1.34. The number of hydrogen-bond donors (Lipinski definition) is 1. The lowest BCUT2D eigenvalue weighted by molar-refractivity contribution is -0.142. The molecule has 1 N–H and O–H groups in total. The number of nitrogens with zero attached hydrogens (tertiary/aromatic N) is 3. The molecule has 1 aliphatic carbocycles. The largest absolute Gasteiger partial charge is 0.393 e. The van der Waals surface area contributed by atoms with Gasteiger partial charge in [-0.25, -0.2) is 0 Å². The minimum atomic E-state index is -0.920. The average molecular weight is 353 g/mol. The van der Waals surface area contributed by atoms with Crippen LogP contribution in [0.3, 0.4) is 0 Å². The standard InChI is InChI=1S/C17H27N3O3S/c1-16(2)6-11(21)7-17(3,9-16)10-18-8-12-13(22)19(4)15(24)20(5)14(12)23/h8,11-12,21H,6-7,9-10H2,1-5H3/t11-,17+/m1/s1. The molecule has 1 saturated carbocycles. The van der Waals surface area contributed by atoms with Gasteiger partial charge in [-0.1, -0.05) is 20.8 Å². The summed E-state index contributed by atoms with van der Waals surface area (Å²) in [5.74, 6) is -1.61. The first-order valence-electron chi connectivity index (χ1n) is 8.23. The van der Waals surface area contributed by atoms with Gasteiger partial charge in [0.15, 0.2) is 11.0 Å². The first-order chi connectivity index (χ1) is 11.0. The van der Waals surface area contributed by atoms with Gasteiger partial charge in [0.05, 0.1) is 6.10 Å². The maximum Gasteiger partial charge on any atom is 0.246 e. The number of hydrogen-bond acceptors (Lipinski definition) is 5. The van der Waals surface area contributed by atoms with Crippen LogP contribution in [0.1, 0.15) is 40.0 Å². The Kier molecular flexibility index (Phi) is 5.16. The van der Waals surface area contributed by atoms with Crippen LogP contribution in [-0.4, -0.2) is 64.8 Å². The zero-order chi connectivity index (χ0) is 18.3. The summed E-state index contributed by atoms with van der Waals surface area (Å²) in [5, 5.41) is 10.3. The normalized spacial score (nSPS) is 32.1. The Bertz CT molecular complexity index is 566. The zero-order valence-electron chi connectivity index (χ0n) is 15.1. The molecular formula is C17H27N3O3S. The minimum absolute atomic E-state index is 0.0606. The Labute approximate surface area is 148 Å². The van der Waals surface area contributed by atoms with Gasteiger partial charge in [-0.15, -0.1) is 0 Å². The van der Waals surface area contributed by atoms with Crippen molar-refractivity contribution in [1.29, 1.82) is 0 Å². The monoisotopic (exact) mass is 353 g/mol. The predicted octanol–water partition coefficient (Wildman–Crippen LogP) is 1.47. The van der Waals surface area contributed by atoms with Gasteiger partial charge in [-0.3, -0.25) is 24.4 Å². The molecule has 2 atom stereocenters. The van der Waals surface area contributed by atoms with E-state index in [0.717, 1.165) is 12.8 Å². The Morgan fingerprint density at radius 1 is 1.21 bits per heavy atom. The number of rotatable bonds is 3. The highest BCUT2D eigenvalue weighted by Crippen LogP contribution is 2.46. The lowest BCUT2D eigenvalue weighted by Crippen LogP contribution is -2.57. The van der Waals surface area contributed by atoms with E-state index in [-0.39, 0.29) is 33.9 Å². The Morgan fingerprint density at radius 2 is 1.75 bits per heavy atom. The van der Waals surface area contributed by atoms with Crippen molar-refractivity contribution in [2.24, 2.45) is 21.7 Å². The fraction of sp³-hybridized carbons (Fsp3) is 0.765. The number of carbonyl (C=O) groups is 2. The van der Waals surface area contributed by atoms with Crippen LogP contribution in [0, 0.1) is 16.7 Å². The predicted molar refractivity (Wildman–Crippen MR) is 96.7 cm³/mol. The van der Waals surface area contributed by atoms with Crippen molar-refractivity contribution in [2.45, 2.75) is 46.1 Å². The number of carbonyl (C=O) groups excluding carboxylic acids is 2. The third-order valence-electron chi connectivity index (χ3n) is 4.92. The van der Waals surface area contributed by atoms with Gasteiger partial charge in [0.2, 0.25) is 11.8 Å². The molecule has 2 fully saturated rings. The van der Waals surface area contributed by atoms with Crippen LogP contribution >= 0.6 is 12.2 Å². The van der Waals surface area contributed by atoms with Crippen molar-refractivity contribution in [3.8, 4) is 0 Å².